The van der Waals surface area contributed by atoms with Crippen LogP contribution in [0.1, 0.15) is 44.0 Å². The number of carbonyl (C=O) groups excluding carboxylic acids is 1. The van der Waals surface area contributed by atoms with Crippen LogP contribution in [0.4, 0.5) is 0 Å². The van der Waals surface area contributed by atoms with E-state index in [1.54, 1.807) is 4.90 Å². The van der Waals surface area contributed by atoms with Gasteiger partial charge in [0.1, 0.15) is 4.34 Å². The van der Waals surface area contributed by atoms with Gasteiger partial charge >= 0.3 is 5.97 Å². The first-order valence-electron chi connectivity index (χ1n) is 6.81. The van der Waals surface area contributed by atoms with Crippen molar-refractivity contribution in [2.45, 2.75) is 45.2 Å². The Kier molecular flexibility index (Phi) is 5.33. The smallest absolute Gasteiger partial charge is 0.308 e. The Morgan fingerprint density at radius 1 is 1.57 bits per heavy atom. The topological polar surface area (TPSA) is 57.6 Å². The Morgan fingerprint density at radius 3 is 2.71 bits per heavy atom. The molecule has 2 atom stereocenters. The molecule has 1 saturated heterocycles. The monoisotopic (exact) mass is 393 g/mol. The maximum atomic E-state index is 12.4. The van der Waals surface area contributed by atoms with Crippen LogP contribution in [0.25, 0.3) is 0 Å². The molecule has 0 radical (unpaired) electrons. The Morgan fingerprint density at radius 2 is 2.24 bits per heavy atom. The van der Waals surface area contributed by atoms with E-state index in [1.807, 2.05) is 19.9 Å². The number of amides is 1. The highest BCUT2D eigenvalue weighted by atomic mass is 79.9. The number of rotatable bonds is 3. The van der Waals surface area contributed by atoms with Gasteiger partial charge in [0.25, 0.3) is 0 Å². The van der Waals surface area contributed by atoms with Crippen molar-refractivity contribution in [1.82, 2.24) is 4.90 Å². The molecule has 0 bridgehead atoms. The summed E-state index contributed by atoms with van der Waals surface area (Å²) in [5.74, 6) is -1.44. The quantitative estimate of drug-likeness (QED) is 0.830. The van der Waals surface area contributed by atoms with Crippen molar-refractivity contribution in [3.8, 4) is 0 Å². The molecule has 1 aromatic rings. The second-order valence-corrected chi connectivity index (χ2v) is 7.99. The highest BCUT2D eigenvalue weighted by Crippen LogP contribution is 2.43. The van der Waals surface area contributed by atoms with Crippen molar-refractivity contribution in [2.24, 2.45) is 5.92 Å². The standard InChI is InChI=1S/C14H17BrClNO3S/c1-7(2)17-11(18)5-3-4-8(14(19)20)12(17)10-6-9(15)13(16)21-10/h6-8,12H,3-5H2,1-2H3,(H,19,20). The lowest BCUT2D eigenvalue weighted by molar-refractivity contribution is -0.146. The van der Waals surface area contributed by atoms with Gasteiger partial charge in [0.15, 0.2) is 0 Å². The van der Waals surface area contributed by atoms with Gasteiger partial charge in [0, 0.05) is 21.8 Å². The number of aliphatic carboxylic acids is 1. The van der Waals surface area contributed by atoms with E-state index in [1.165, 1.54) is 11.3 Å². The summed E-state index contributed by atoms with van der Waals surface area (Å²) in [6, 6.07) is 1.33. The second-order valence-electron chi connectivity index (χ2n) is 5.45. The zero-order valence-corrected chi connectivity index (χ0v) is 15.0. The average molecular weight is 395 g/mol. The molecule has 2 rings (SSSR count). The predicted molar refractivity (Wildman–Crippen MR) is 86.7 cm³/mol. The number of nitrogens with zero attached hydrogens (tertiary/aromatic N) is 1. The Hall–Kier alpha value is -0.590. The van der Waals surface area contributed by atoms with Gasteiger partial charge in [0.05, 0.1) is 12.0 Å². The van der Waals surface area contributed by atoms with Crippen LogP contribution in [0.15, 0.2) is 10.5 Å². The number of likely N-dealkylation sites (tertiary alicyclic amines) is 1. The molecule has 1 aliphatic heterocycles. The number of thiophene rings is 1. The normalized spacial score (nSPS) is 23.5. The third-order valence-electron chi connectivity index (χ3n) is 3.70. The van der Waals surface area contributed by atoms with Crippen LogP contribution in [0.2, 0.25) is 4.34 Å². The van der Waals surface area contributed by atoms with Gasteiger partial charge in [0.2, 0.25) is 5.91 Å². The van der Waals surface area contributed by atoms with E-state index in [-0.39, 0.29) is 11.9 Å². The van der Waals surface area contributed by atoms with Crippen molar-refractivity contribution >= 4 is 50.7 Å². The molecule has 1 aliphatic rings. The first kappa shape index (κ1) is 16.8. The Balaban J connectivity index is 2.52. The largest absolute Gasteiger partial charge is 0.481 e. The van der Waals surface area contributed by atoms with E-state index in [0.717, 1.165) is 9.35 Å². The fourth-order valence-corrected chi connectivity index (χ4v) is 4.72. The molecule has 2 unspecified atom stereocenters. The van der Waals surface area contributed by atoms with Gasteiger partial charge in [-0.15, -0.1) is 11.3 Å². The van der Waals surface area contributed by atoms with Gasteiger partial charge < -0.3 is 10.0 Å². The minimum absolute atomic E-state index is 0.0133. The number of carboxylic acids is 1. The highest BCUT2D eigenvalue weighted by molar-refractivity contribution is 9.10. The zero-order chi connectivity index (χ0) is 15.7. The van der Waals surface area contributed by atoms with Crippen LogP contribution in [0, 0.1) is 5.92 Å². The van der Waals surface area contributed by atoms with Crippen LogP contribution in [0.5, 0.6) is 0 Å². The van der Waals surface area contributed by atoms with Crippen molar-refractivity contribution in [1.29, 1.82) is 0 Å². The number of carbonyl (C=O) groups is 2. The lowest BCUT2D eigenvalue weighted by atomic mass is 9.93. The number of halogens is 2. The maximum absolute atomic E-state index is 12.4. The number of carboxylic acid groups (broad SMARTS) is 1. The van der Waals surface area contributed by atoms with Crippen LogP contribution >= 0.6 is 38.9 Å². The summed E-state index contributed by atoms with van der Waals surface area (Å²) < 4.78 is 1.32. The van der Waals surface area contributed by atoms with E-state index in [9.17, 15) is 14.7 Å². The van der Waals surface area contributed by atoms with Gasteiger partial charge in [-0.3, -0.25) is 9.59 Å². The summed E-state index contributed by atoms with van der Waals surface area (Å²) in [4.78, 5) is 26.6. The maximum Gasteiger partial charge on any atom is 0.308 e. The van der Waals surface area contributed by atoms with Crippen LogP contribution in [-0.2, 0) is 9.59 Å². The minimum atomic E-state index is -0.860. The molecule has 116 valence electrons. The molecule has 4 nitrogen and oxygen atoms in total. The van der Waals surface area contributed by atoms with Crippen molar-refractivity contribution < 1.29 is 14.7 Å². The average Bonchev–Trinajstić information content (AvgIpc) is 2.61. The molecule has 0 saturated carbocycles. The van der Waals surface area contributed by atoms with E-state index < -0.39 is 17.9 Å². The zero-order valence-electron chi connectivity index (χ0n) is 11.8. The molecule has 7 heteroatoms. The molecule has 2 heterocycles. The summed E-state index contributed by atoms with van der Waals surface area (Å²) in [5, 5.41) is 9.58. The third-order valence-corrected chi connectivity index (χ3v) is 6.25. The summed E-state index contributed by atoms with van der Waals surface area (Å²) in [5.41, 5.74) is 0. The molecule has 0 aromatic carbocycles. The summed E-state index contributed by atoms with van der Waals surface area (Å²) >= 11 is 10.8. The second kappa shape index (κ2) is 6.67. The molecule has 1 fully saturated rings. The van der Waals surface area contributed by atoms with Crippen LogP contribution in [-0.4, -0.2) is 27.9 Å². The van der Waals surface area contributed by atoms with Gasteiger partial charge in [-0.05, 0) is 48.7 Å². The van der Waals surface area contributed by atoms with Crippen molar-refractivity contribution in [2.75, 3.05) is 0 Å². The molecule has 0 aliphatic carbocycles. The molecule has 1 aromatic heterocycles. The van der Waals surface area contributed by atoms with Crippen LogP contribution in [0.3, 0.4) is 0 Å². The third kappa shape index (κ3) is 3.43. The first-order valence-corrected chi connectivity index (χ1v) is 8.80. The van der Waals surface area contributed by atoms with Crippen molar-refractivity contribution in [3.63, 3.8) is 0 Å². The Bertz CT molecular complexity index is 541. The summed E-state index contributed by atoms with van der Waals surface area (Å²) in [7, 11) is 0. The molecular formula is C14H17BrClNO3S. The van der Waals surface area contributed by atoms with E-state index >= 15 is 0 Å². The lowest BCUT2D eigenvalue weighted by Gasteiger charge is -2.36. The van der Waals surface area contributed by atoms with Crippen LogP contribution < -0.4 is 0 Å². The minimum Gasteiger partial charge on any atom is -0.481 e. The molecule has 0 spiro atoms. The summed E-state index contributed by atoms with van der Waals surface area (Å²) in [6.07, 6.45) is 1.51. The van der Waals surface area contributed by atoms with E-state index in [4.69, 9.17) is 11.6 Å². The van der Waals surface area contributed by atoms with Gasteiger partial charge in [-0.25, -0.2) is 0 Å². The van der Waals surface area contributed by atoms with E-state index in [2.05, 4.69) is 15.9 Å². The van der Waals surface area contributed by atoms with E-state index in [0.29, 0.717) is 23.6 Å². The molecule has 1 N–H and O–H groups in total. The predicted octanol–water partition coefficient (Wildman–Crippen LogP) is 4.33. The summed E-state index contributed by atoms with van der Waals surface area (Å²) in [6.45, 7) is 3.83. The van der Waals surface area contributed by atoms with Gasteiger partial charge in [-0.2, -0.15) is 0 Å². The lowest BCUT2D eigenvalue weighted by Crippen LogP contribution is -2.42. The Labute approximate surface area is 141 Å². The number of hydrogen-bond acceptors (Lipinski definition) is 3. The molecule has 21 heavy (non-hydrogen) atoms. The highest BCUT2D eigenvalue weighted by Gasteiger charge is 2.40. The van der Waals surface area contributed by atoms with Gasteiger partial charge in [-0.1, -0.05) is 11.6 Å². The molecular weight excluding hydrogens is 378 g/mol. The molecule has 1 amide bonds. The first-order chi connectivity index (χ1) is 9.82. The van der Waals surface area contributed by atoms with Crippen molar-refractivity contribution in [3.05, 3.63) is 19.8 Å². The SMILES string of the molecule is CC(C)N1C(=O)CCCC(C(=O)O)C1c1cc(Br)c(Cl)s1. The fourth-order valence-electron chi connectivity index (χ4n) is 2.82. The fraction of sp³-hybridized carbons (Fsp3) is 0.571. The number of hydrogen-bond donors (Lipinski definition) is 1.